The average molecular weight is 359 g/mol. The first-order valence-corrected chi connectivity index (χ1v) is 8.42. The largest absolute Gasteiger partial charge is 0.493 e. The van der Waals surface area contributed by atoms with Crippen LogP contribution in [0.4, 0.5) is 0 Å². The second kappa shape index (κ2) is 6.96. The van der Waals surface area contributed by atoms with Crippen LogP contribution in [0.1, 0.15) is 11.1 Å². The van der Waals surface area contributed by atoms with E-state index in [0.29, 0.717) is 17.1 Å². The van der Waals surface area contributed by atoms with Crippen LogP contribution in [0.15, 0.2) is 71.4 Å². The predicted octanol–water partition coefficient (Wildman–Crippen LogP) is 4.20. The summed E-state index contributed by atoms with van der Waals surface area (Å²) >= 11 is 0. The molecule has 3 aromatic carbocycles. The molecular formula is C22H17NO4. The minimum absolute atomic E-state index is 0.243. The van der Waals surface area contributed by atoms with E-state index in [4.69, 9.17) is 14.2 Å². The lowest BCUT2D eigenvalue weighted by Gasteiger charge is -2.08. The molecule has 134 valence electrons. The van der Waals surface area contributed by atoms with Crippen LogP contribution in [0, 0.1) is 0 Å². The third-order valence-electron chi connectivity index (χ3n) is 4.37. The van der Waals surface area contributed by atoms with Gasteiger partial charge in [0.05, 0.1) is 14.2 Å². The van der Waals surface area contributed by atoms with Crippen LogP contribution in [-0.4, -0.2) is 26.1 Å². The number of aliphatic imine (C=N–C) groups is 1. The second-order valence-electron chi connectivity index (χ2n) is 5.97. The van der Waals surface area contributed by atoms with Crippen molar-refractivity contribution >= 4 is 28.7 Å². The van der Waals surface area contributed by atoms with Crippen molar-refractivity contribution in [2.24, 2.45) is 4.99 Å². The highest BCUT2D eigenvalue weighted by Gasteiger charge is 2.25. The number of nitrogens with zero attached hydrogens (tertiary/aromatic N) is 1. The van der Waals surface area contributed by atoms with Crippen molar-refractivity contribution in [3.63, 3.8) is 0 Å². The van der Waals surface area contributed by atoms with Gasteiger partial charge in [0.2, 0.25) is 5.90 Å². The smallest absolute Gasteiger partial charge is 0.363 e. The molecule has 0 spiro atoms. The number of ether oxygens (including phenoxy) is 3. The number of methoxy groups -OCH3 is 2. The van der Waals surface area contributed by atoms with E-state index < -0.39 is 5.97 Å². The third kappa shape index (κ3) is 3.15. The summed E-state index contributed by atoms with van der Waals surface area (Å²) in [6.45, 7) is 0. The monoisotopic (exact) mass is 359 g/mol. The van der Waals surface area contributed by atoms with Crippen molar-refractivity contribution < 1.29 is 19.0 Å². The summed E-state index contributed by atoms with van der Waals surface area (Å²) in [6, 6.07) is 19.2. The Morgan fingerprint density at radius 3 is 2.52 bits per heavy atom. The van der Waals surface area contributed by atoms with Gasteiger partial charge in [-0.15, -0.1) is 0 Å². The topological polar surface area (TPSA) is 57.1 Å². The lowest BCUT2D eigenvalue weighted by molar-refractivity contribution is -0.129. The summed E-state index contributed by atoms with van der Waals surface area (Å²) in [5.41, 5.74) is 1.82. The van der Waals surface area contributed by atoms with Gasteiger partial charge < -0.3 is 14.2 Å². The van der Waals surface area contributed by atoms with Gasteiger partial charge in [-0.25, -0.2) is 9.79 Å². The fourth-order valence-electron chi connectivity index (χ4n) is 3.03. The standard InChI is InChI=1S/C22H17NO4/c1-25-19-11-10-16(13-20(19)26-2)21-23-18(22(24)27-21)12-15-8-5-7-14-6-3-4-9-17(14)15/h3-13H,1-2H3/b18-12-. The number of hydrogen-bond acceptors (Lipinski definition) is 5. The van der Waals surface area contributed by atoms with Crippen molar-refractivity contribution in [1.82, 2.24) is 0 Å². The van der Waals surface area contributed by atoms with Crippen LogP contribution >= 0.6 is 0 Å². The number of benzene rings is 3. The number of cyclic esters (lactones) is 1. The SMILES string of the molecule is COc1ccc(C2=N/C(=C\c3cccc4ccccc34)C(=O)O2)cc1OC. The first kappa shape index (κ1) is 16.8. The molecule has 0 bridgehead atoms. The Balaban J connectivity index is 1.74. The summed E-state index contributed by atoms with van der Waals surface area (Å²) in [6.07, 6.45) is 1.75. The molecule has 0 radical (unpaired) electrons. The zero-order valence-electron chi connectivity index (χ0n) is 14.9. The Labute approximate surface area is 156 Å². The lowest BCUT2D eigenvalue weighted by Crippen LogP contribution is -2.06. The van der Waals surface area contributed by atoms with Gasteiger partial charge in [0.1, 0.15) is 0 Å². The molecule has 1 aliphatic heterocycles. The van der Waals surface area contributed by atoms with Crippen LogP contribution in [0.3, 0.4) is 0 Å². The number of carbonyl (C=O) groups is 1. The summed E-state index contributed by atoms with van der Waals surface area (Å²) in [4.78, 5) is 16.7. The lowest BCUT2D eigenvalue weighted by atomic mass is 10.0. The number of fused-ring (bicyclic) bond motifs is 1. The molecule has 0 amide bonds. The van der Waals surface area contributed by atoms with E-state index in [0.717, 1.165) is 16.3 Å². The van der Waals surface area contributed by atoms with E-state index >= 15 is 0 Å². The molecule has 0 aliphatic carbocycles. The zero-order chi connectivity index (χ0) is 18.8. The Bertz CT molecular complexity index is 1090. The molecule has 5 nitrogen and oxygen atoms in total. The van der Waals surface area contributed by atoms with Crippen LogP contribution in [0.2, 0.25) is 0 Å². The molecule has 0 unspecified atom stereocenters. The number of carbonyl (C=O) groups excluding carboxylic acids is 1. The van der Waals surface area contributed by atoms with E-state index in [2.05, 4.69) is 4.99 Å². The Morgan fingerprint density at radius 2 is 1.70 bits per heavy atom. The number of rotatable bonds is 4. The minimum Gasteiger partial charge on any atom is -0.493 e. The van der Waals surface area contributed by atoms with E-state index in [9.17, 15) is 4.79 Å². The van der Waals surface area contributed by atoms with Gasteiger partial charge in [0, 0.05) is 5.56 Å². The molecule has 27 heavy (non-hydrogen) atoms. The quantitative estimate of drug-likeness (QED) is 0.517. The minimum atomic E-state index is -0.479. The predicted molar refractivity (Wildman–Crippen MR) is 104 cm³/mol. The van der Waals surface area contributed by atoms with Gasteiger partial charge in [-0.3, -0.25) is 0 Å². The fourth-order valence-corrected chi connectivity index (χ4v) is 3.03. The highest BCUT2D eigenvalue weighted by molar-refractivity contribution is 6.13. The third-order valence-corrected chi connectivity index (χ3v) is 4.37. The molecule has 0 saturated heterocycles. The summed E-state index contributed by atoms with van der Waals surface area (Å²) < 4.78 is 15.9. The van der Waals surface area contributed by atoms with Crippen molar-refractivity contribution in [2.45, 2.75) is 0 Å². The van der Waals surface area contributed by atoms with Crippen LogP contribution in [-0.2, 0) is 9.53 Å². The van der Waals surface area contributed by atoms with Crippen molar-refractivity contribution in [2.75, 3.05) is 14.2 Å². The molecule has 0 saturated carbocycles. The second-order valence-corrected chi connectivity index (χ2v) is 5.97. The maximum Gasteiger partial charge on any atom is 0.363 e. The van der Waals surface area contributed by atoms with Crippen molar-refractivity contribution in [3.8, 4) is 11.5 Å². The van der Waals surface area contributed by atoms with Crippen molar-refractivity contribution in [1.29, 1.82) is 0 Å². The first-order chi connectivity index (χ1) is 13.2. The first-order valence-electron chi connectivity index (χ1n) is 8.42. The molecule has 0 aromatic heterocycles. The number of esters is 1. The highest BCUT2D eigenvalue weighted by atomic mass is 16.6. The number of hydrogen-bond donors (Lipinski definition) is 0. The van der Waals surface area contributed by atoms with Gasteiger partial charge in [0.15, 0.2) is 17.2 Å². The Hall–Kier alpha value is -3.60. The van der Waals surface area contributed by atoms with Crippen LogP contribution < -0.4 is 9.47 Å². The van der Waals surface area contributed by atoms with Gasteiger partial charge >= 0.3 is 5.97 Å². The van der Waals surface area contributed by atoms with Crippen LogP contribution in [0.5, 0.6) is 11.5 Å². The summed E-state index contributed by atoms with van der Waals surface area (Å²) in [5, 5.41) is 2.15. The molecule has 0 N–H and O–H groups in total. The van der Waals surface area contributed by atoms with E-state index in [1.165, 1.54) is 0 Å². The van der Waals surface area contributed by atoms with E-state index in [1.807, 2.05) is 42.5 Å². The molecule has 3 aromatic rings. The molecule has 0 fully saturated rings. The Morgan fingerprint density at radius 1 is 0.926 bits per heavy atom. The molecule has 5 heteroatoms. The highest BCUT2D eigenvalue weighted by Crippen LogP contribution is 2.30. The maximum absolute atomic E-state index is 12.3. The molecule has 1 heterocycles. The maximum atomic E-state index is 12.3. The van der Waals surface area contributed by atoms with E-state index in [-0.39, 0.29) is 11.6 Å². The molecule has 0 atom stereocenters. The van der Waals surface area contributed by atoms with Gasteiger partial charge in [-0.1, -0.05) is 42.5 Å². The van der Waals surface area contributed by atoms with Crippen LogP contribution in [0.25, 0.3) is 16.8 Å². The Kier molecular flexibility index (Phi) is 4.34. The summed E-state index contributed by atoms with van der Waals surface area (Å²) in [7, 11) is 3.12. The zero-order valence-corrected chi connectivity index (χ0v) is 14.9. The van der Waals surface area contributed by atoms with Gasteiger partial charge in [0.25, 0.3) is 0 Å². The molecule has 1 aliphatic rings. The van der Waals surface area contributed by atoms with Gasteiger partial charge in [-0.2, -0.15) is 0 Å². The molecule has 4 rings (SSSR count). The van der Waals surface area contributed by atoms with E-state index in [1.54, 1.807) is 38.5 Å². The summed E-state index contributed by atoms with van der Waals surface area (Å²) in [5.74, 6) is 0.901. The van der Waals surface area contributed by atoms with Gasteiger partial charge in [-0.05, 0) is 40.6 Å². The molecular weight excluding hydrogens is 342 g/mol. The average Bonchev–Trinajstić information content (AvgIpc) is 3.08. The fraction of sp³-hybridized carbons (Fsp3) is 0.0909. The normalized spacial score (nSPS) is 15.0. The van der Waals surface area contributed by atoms with Crippen molar-refractivity contribution in [3.05, 3.63) is 77.5 Å².